The molecule has 114 valence electrons. The smallest absolute Gasteiger partial charge is 0.227 e. The zero-order chi connectivity index (χ0) is 14.5. The molecular weight excluding hydrogens is 282 g/mol. The van der Waals surface area contributed by atoms with Gasteiger partial charge in [-0.3, -0.25) is 9.78 Å². The number of hydrogen-bond acceptors (Lipinski definition) is 4. The molecule has 1 aromatic rings. The van der Waals surface area contributed by atoms with Crippen molar-refractivity contribution in [2.75, 3.05) is 37.7 Å². The Bertz CT molecular complexity index is 462. The third-order valence-corrected chi connectivity index (χ3v) is 5.39. The third-order valence-electron chi connectivity index (χ3n) is 4.29. The fraction of sp³-hybridized carbons (Fsp3) is 0.625. The highest BCUT2D eigenvalue weighted by molar-refractivity contribution is 7.99. The van der Waals surface area contributed by atoms with E-state index in [4.69, 9.17) is 0 Å². The van der Waals surface area contributed by atoms with Crippen LogP contribution in [0.3, 0.4) is 0 Å². The lowest BCUT2D eigenvalue weighted by molar-refractivity contribution is -0.132. The van der Waals surface area contributed by atoms with Crippen LogP contribution in [0, 0.1) is 0 Å². The van der Waals surface area contributed by atoms with Crippen molar-refractivity contribution >= 4 is 17.7 Å². The molecule has 21 heavy (non-hydrogen) atoms. The third kappa shape index (κ3) is 3.98. The van der Waals surface area contributed by atoms with Gasteiger partial charge in [0.15, 0.2) is 0 Å². The van der Waals surface area contributed by atoms with Gasteiger partial charge >= 0.3 is 0 Å². The van der Waals surface area contributed by atoms with Crippen LogP contribution in [0.1, 0.15) is 18.4 Å². The Kier molecular flexibility index (Phi) is 5.14. The van der Waals surface area contributed by atoms with E-state index in [2.05, 4.69) is 14.8 Å². The number of carbonyl (C=O) groups excluding carboxylic acids is 1. The van der Waals surface area contributed by atoms with E-state index in [-0.39, 0.29) is 5.91 Å². The molecule has 0 bridgehead atoms. The predicted molar refractivity (Wildman–Crippen MR) is 86.4 cm³/mol. The number of thioether (sulfide) groups is 1. The van der Waals surface area contributed by atoms with Gasteiger partial charge in [0, 0.05) is 37.0 Å². The molecule has 2 aliphatic heterocycles. The number of nitrogens with zero attached hydrogens (tertiary/aromatic N) is 3. The first-order chi connectivity index (χ1) is 10.3. The first kappa shape index (κ1) is 14.9. The SMILES string of the molecule is O=C(Cc1cccnc1)N1CCSCC1CN1CCCC1. The molecule has 0 radical (unpaired) electrons. The zero-order valence-electron chi connectivity index (χ0n) is 12.4. The van der Waals surface area contributed by atoms with E-state index in [9.17, 15) is 4.79 Å². The first-order valence-corrected chi connectivity index (χ1v) is 8.97. The van der Waals surface area contributed by atoms with Gasteiger partial charge in [-0.1, -0.05) is 6.07 Å². The second kappa shape index (κ2) is 7.27. The number of rotatable bonds is 4. The Morgan fingerprint density at radius 2 is 2.19 bits per heavy atom. The van der Waals surface area contributed by atoms with E-state index in [0.717, 1.165) is 30.2 Å². The van der Waals surface area contributed by atoms with Gasteiger partial charge in [0.25, 0.3) is 0 Å². The molecule has 0 aromatic carbocycles. The monoisotopic (exact) mass is 305 g/mol. The molecule has 1 amide bonds. The summed E-state index contributed by atoms with van der Waals surface area (Å²) >= 11 is 1.98. The highest BCUT2D eigenvalue weighted by atomic mass is 32.2. The van der Waals surface area contributed by atoms with Crippen LogP contribution in [0.4, 0.5) is 0 Å². The number of pyridine rings is 1. The van der Waals surface area contributed by atoms with E-state index in [1.807, 2.05) is 23.9 Å². The van der Waals surface area contributed by atoms with Gasteiger partial charge in [-0.2, -0.15) is 11.8 Å². The van der Waals surface area contributed by atoms with Gasteiger partial charge < -0.3 is 9.80 Å². The largest absolute Gasteiger partial charge is 0.336 e. The molecule has 4 nitrogen and oxygen atoms in total. The summed E-state index contributed by atoms with van der Waals surface area (Å²) in [6.07, 6.45) is 6.65. The van der Waals surface area contributed by atoms with Crippen molar-refractivity contribution in [3.05, 3.63) is 30.1 Å². The van der Waals surface area contributed by atoms with Crippen molar-refractivity contribution in [2.45, 2.75) is 25.3 Å². The highest BCUT2D eigenvalue weighted by Gasteiger charge is 2.29. The van der Waals surface area contributed by atoms with E-state index in [1.54, 1.807) is 12.4 Å². The minimum atomic E-state index is 0.257. The van der Waals surface area contributed by atoms with Gasteiger partial charge in [-0.05, 0) is 37.6 Å². The maximum Gasteiger partial charge on any atom is 0.227 e. The topological polar surface area (TPSA) is 36.4 Å². The summed E-state index contributed by atoms with van der Waals surface area (Å²) in [5, 5.41) is 0. The normalized spacial score (nSPS) is 23.4. The van der Waals surface area contributed by atoms with Crippen molar-refractivity contribution in [3.8, 4) is 0 Å². The Hall–Kier alpha value is -1.07. The maximum atomic E-state index is 12.6. The number of carbonyl (C=O) groups is 1. The highest BCUT2D eigenvalue weighted by Crippen LogP contribution is 2.20. The van der Waals surface area contributed by atoms with Gasteiger partial charge in [-0.15, -0.1) is 0 Å². The number of hydrogen-bond donors (Lipinski definition) is 0. The van der Waals surface area contributed by atoms with Crippen LogP contribution in [0.5, 0.6) is 0 Å². The minimum absolute atomic E-state index is 0.257. The molecule has 0 spiro atoms. The van der Waals surface area contributed by atoms with Crippen molar-refractivity contribution in [1.82, 2.24) is 14.8 Å². The van der Waals surface area contributed by atoms with Crippen LogP contribution in [0.2, 0.25) is 0 Å². The fourth-order valence-electron chi connectivity index (χ4n) is 3.18. The van der Waals surface area contributed by atoms with Gasteiger partial charge in [0.2, 0.25) is 5.91 Å². The van der Waals surface area contributed by atoms with Crippen LogP contribution in [0.25, 0.3) is 0 Å². The fourth-order valence-corrected chi connectivity index (χ4v) is 4.23. The zero-order valence-corrected chi connectivity index (χ0v) is 13.2. The van der Waals surface area contributed by atoms with Gasteiger partial charge in [0.05, 0.1) is 12.5 Å². The summed E-state index contributed by atoms with van der Waals surface area (Å²) in [4.78, 5) is 21.4. The lowest BCUT2D eigenvalue weighted by atomic mass is 10.1. The molecule has 0 aliphatic carbocycles. The second-order valence-electron chi connectivity index (χ2n) is 5.86. The Morgan fingerprint density at radius 3 is 2.95 bits per heavy atom. The average Bonchev–Trinajstić information content (AvgIpc) is 3.02. The van der Waals surface area contributed by atoms with Crippen molar-refractivity contribution in [3.63, 3.8) is 0 Å². The molecule has 3 rings (SSSR count). The molecule has 1 aromatic heterocycles. The summed E-state index contributed by atoms with van der Waals surface area (Å²) in [6, 6.07) is 4.26. The van der Waals surface area contributed by atoms with Gasteiger partial charge in [-0.25, -0.2) is 0 Å². The van der Waals surface area contributed by atoms with Crippen molar-refractivity contribution < 1.29 is 4.79 Å². The lowest BCUT2D eigenvalue weighted by Gasteiger charge is -2.37. The predicted octanol–water partition coefficient (Wildman–Crippen LogP) is 1.66. The Morgan fingerprint density at radius 1 is 1.33 bits per heavy atom. The molecule has 1 unspecified atom stereocenters. The number of amides is 1. The Labute approximate surface area is 130 Å². The van der Waals surface area contributed by atoms with E-state index < -0.39 is 0 Å². The summed E-state index contributed by atoms with van der Waals surface area (Å²) < 4.78 is 0. The summed E-state index contributed by atoms with van der Waals surface area (Å²) in [7, 11) is 0. The molecular formula is C16H23N3OS. The number of likely N-dealkylation sites (tertiary alicyclic amines) is 1. The van der Waals surface area contributed by atoms with Crippen LogP contribution in [-0.4, -0.2) is 64.4 Å². The average molecular weight is 305 g/mol. The van der Waals surface area contributed by atoms with Crippen molar-refractivity contribution in [2.24, 2.45) is 0 Å². The molecule has 2 saturated heterocycles. The molecule has 0 saturated carbocycles. The standard InChI is InChI=1S/C16H23N3OS/c20-16(10-14-4-3-5-17-11-14)19-8-9-21-13-15(19)12-18-6-1-2-7-18/h3-5,11,15H,1-2,6-10,12-13H2. The van der Waals surface area contributed by atoms with Gasteiger partial charge in [0.1, 0.15) is 0 Å². The molecule has 3 heterocycles. The Balaban J connectivity index is 1.61. The second-order valence-corrected chi connectivity index (χ2v) is 7.01. The van der Waals surface area contributed by atoms with E-state index in [0.29, 0.717) is 12.5 Å². The first-order valence-electron chi connectivity index (χ1n) is 7.81. The summed E-state index contributed by atoms with van der Waals surface area (Å²) in [6.45, 7) is 4.34. The van der Waals surface area contributed by atoms with Crippen LogP contribution in [-0.2, 0) is 11.2 Å². The number of aromatic nitrogens is 1. The van der Waals surface area contributed by atoms with E-state index in [1.165, 1.54) is 25.9 Å². The molecule has 2 fully saturated rings. The van der Waals surface area contributed by atoms with E-state index >= 15 is 0 Å². The lowest BCUT2D eigenvalue weighted by Crippen LogP contribution is -2.51. The molecule has 5 heteroatoms. The molecule has 0 N–H and O–H groups in total. The van der Waals surface area contributed by atoms with Crippen LogP contribution >= 0.6 is 11.8 Å². The molecule has 2 aliphatic rings. The minimum Gasteiger partial charge on any atom is -0.336 e. The summed E-state index contributed by atoms with van der Waals surface area (Å²) in [5.74, 6) is 2.40. The van der Waals surface area contributed by atoms with Crippen LogP contribution < -0.4 is 0 Å². The van der Waals surface area contributed by atoms with Crippen LogP contribution in [0.15, 0.2) is 24.5 Å². The maximum absolute atomic E-state index is 12.6. The van der Waals surface area contributed by atoms with Crippen molar-refractivity contribution in [1.29, 1.82) is 0 Å². The molecule has 1 atom stereocenters. The summed E-state index contributed by atoms with van der Waals surface area (Å²) in [5.41, 5.74) is 1.01. The quantitative estimate of drug-likeness (QED) is 0.848.